The average Bonchev–Trinajstić information content (AvgIpc) is 2.55. The van der Waals surface area contributed by atoms with Crippen molar-refractivity contribution in [2.24, 2.45) is 0 Å². The third-order valence-corrected chi connectivity index (χ3v) is 3.62. The number of amides is 1. The van der Waals surface area contributed by atoms with E-state index in [2.05, 4.69) is 4.90 Å². The van der Waals surface area contributed by atoms with Crippen molar-refractivity contribution in [2.75, 3.05) is 45.9 Å². The lowest BCUT2D eigenvalue weighted by Gasteiger charge is -2.34. The summed E-state index contributed by atoms with van der Waals surface area (Å²) in [5.74, 6) is 0.204. The van der Waals surface area contributed by atoms with Crippen molar-refractivity contribution >= 4 is 18.5 Å². The molecule has 0 radical (unpaired) electrons. The van der Waals surface area contributed by atoms with Crippen molar-refractivity contribution in [3.63, 3.8) is 0 Å². The quantitative estimate of drug-likeness (QED) is 0.835. The minimum Gasteiger partial charge on any atom is -0.491 e. The van der Waals surface area contributed by atoms with Crippen LogP contribution in [0.4, 0.5) is 9.18 Å². The van der Waals surface area contributed by atoms with Crippen LogP contribution < -0.4 is 4.74 Å². The Balaban J connectivity index is 0.00000288. The summed E-state index contributed by atoms with van der Waals surface area (Å²) in [7, 11) is 0. The van der Waals surface area contributed by atoms with E-state index in [1.165, 1.54) is 24.3 Å². The maximum absolute atomic E-state index is 12.8. The molecule has 0 bridgehead atoms. The van der Waals surface area contributed by atoms with Gasteiger partial charge < -0.3 is 19.5 Å². The predicted molar refractivity (Wildman–Crippen MR) is 90.2 cm³/mol. The van der Waals surface area contributed by atoms with Crippen molar-refractivity contribution < 1.29 is 23.8 Å². The van der Waals surface area contributed by atoms with Crippen molar-refractivity contribution in [3.8, 4) is 5.75 Å². The third kappa shape index (κ3) is 6.51. The molecule has 1 heterocycles. The van der Waals surface area contributed by atoms with Gasteiger partial charge in [-0.3, -0.25) is 4.90 Å². The molecule has 136 valence electrons. The highest BCUT2D eigenvalue weighted by Crippen LogP contribution is 2.12. The first kappa shape index (κ1) is 20.5. The molecule has 0 aromatic heterocycles. The van der Waals surface area contributed by atoms with E-state index in [1.807, 2.05) is 0 Å². The largest absolute Gasteiger partial charge is 0.491 e. The van der Waals surface area contributed by atoms with Gasteiger partial charge in [0.05, 0.1) is 6.61 Å². The van der Waals surface area contributed by atoms with Gasteiger partial charge in [0.2, 0.25) is 0 Å². The van der Waals surface area contributed by atoms with Gasteiger partial charge >= 0.3 is 6.09 Å². The molecule has 1 aliphatic rings. The fraction of sp³-hybridized carbons (Fsp3) is 0.562. The Morgan fingerprint density at radius 1 is 1.25 bits per heavy atom. The van der Waals surface area contributed by atoms with Crippen LogP contribution in [0.2, 0.25) is 0 Å². The zero-order valence-corrected chi connectivity index (χ0v) is 14.5. The number of carbonyl (C=O) groups excluding carboxylic acids is 1. The predicted octanol–water partition coefficient (Wildman–Crippen LogP) is 1.76. The van der Waals surface area contributed by atoms with Gasteiger partial charge in [-0.25, -0.2) is 9.18 Å². The molecule has 0 aliphatic carbocycles. The molecule has 1 aliphatic heterocycles. The van der Waals surface area contributed by atoms with Gasteiger partial charge in [-0.2, -0.15) is 0 Å². The van der Waals surface area contributed by atoms with Gasteiger partial charge in [0.25, 0.3) is 0 Å². The number of β-amino-alcohol motifs (C(OH)–C–C–N with tert-alkyl or cyclic N) is 1. The van der Waals surface area contributed by atoms with Crippen molar-refractivity contribution in [1.29, 1.82) is 0 Å². The fourth-order valence-corrected chi connectivity index (χ4v) is 2.40. The zero-order chi connectivity index (χ0) is 16.7. The van der Waals surface area contributed by atoms with E-state index in [-0.39, 0.29) is 30.9 Å². The Kier molecular flexibility index (Phi) is 8.81. The van der Waals surface area contributed by atoms with Gasteiger partial charge in [0.15, 0.2) is 0 Å². The van der Waals surface area contributed by atoms with E-state index in [0.717, 1.165) is 0 Å². The highest BCUT2D eigenvalue weighted by molar-refractivity contribution is 5.85. The number of benzene rings is 1. The molecular weight excluding hydrogens is 339 g/mol. The molecule has 8 heteroatoms. The van der Waals surface area contributed by atoms with Crippen molar-refractivity contribution in [2.45, 2.75) is 13.0 Å². The van der Waals surface area contributed by atoms with Crippen LogP contribution >= 0.6 is 12.4 Å². The van der Waals surface area contributed by atoms with Gasteiger partial charge in [0.1, 0.15) is 24.3 Å². The number of carbonyl (C=O) groups is 1. The van der Waals surface area contributed by atoms with Gasteiger partial charge in [-0.15, -0.1) is 12.4 Å². The van der Waals surface area contributed by atoms with Crippen LogP contribution in [0.15, 0.2) is 24.3 Å². The van der Waals surface area contributed by atoms with Crippen LogP contribution in [0.5, 0.6) is 5.75 Å². The molecule has 6 nitrogen and oxygen atoms in total. The first-order valence-corrected chi connectivity index (χ1v) is 7.79. The Hall–Kier alpha value is -1.57. The van der Waals surface area contributed by atoms with Crippen LogP contribution in [-0.2, 0) is 4.74 Å². The summed E-state index contributed by atoms with van der Waals surface area (Å²) < 4.78 is 23.2. The summed E-state index contributed by atoms with van der Waals surface area (Å²) in [6.07, 6.45) is -0.929. The minimum atomic E-state index is -0.644. The highest BCUT2D eigenvalue weighted by atomic mass is 35.5. The standard InChI is InChI=1S/C16H23FN2O4.ClH/c1-2-22-16(21)19-9-7-18(8-10-19)11-14(20)12-23-15-5-3-13(17)4-6-15;/h3-6,14,20H,2,7-12H2,1H3;1H. The number of halogens is 2. The molecule has 1 fully saturated rings. The lowest BCUT2D eigenvalue weighted by molar-refractivity contribution is 0.0407. The molecule has 1 aromatic carbocycles. The maximum atomic E-state index is 12.8. The fourth-order valence-electron chi connectivity index (χ4n) is 2.40. The number of aliphatic hydroxyl groups excluding tert-OH is 1. The molecule has 1 aromatic rings. The number of nitrogens with zero attached hydrogens (tertiary/aromatic N) is 2. The van der Waals surface area contributed by atoms with E-state index >= 15 is 0 Å². The lowest BCUT2D eigenvalue weighted by Crippen LogP contribution is -2.51. The molecule has 0 saturated carbocycles. The highest BCUT2D eigenvalue weighted by Gasteiger charge is 2.23. The Labute approximate surface area is 147 Å². The number of rotatable bonds is 6. The SMILES string of the molecule is CCOC(=O)N1CCN(CC(O)COc2ccc(F)cc2)CC1.Cl. The monoisotopic (exact) mass is 362 g/mol. The minimum absolute atomic E-state index is 0. The molecule has 1 atom stereocenters. The van der Waals surface area contributed by atoms with Crippen LogP contribution in [-0.4, -0.2) is 73.0 Å². The van der Waals surface area contributed by atoms with Crippen LogP contribution in [0.25, 0.3) is 0 Å². The molecule has 1 amide bonds. The first-order chi connectivity index (χ1) is 11.1. The molecular formula is C16H24ClFN2O4. The number of aliphatic hydroxyl groups is 1. The number of hydrogen-bond donors (Lipinski definition) is 1. The molecule has 0 spiro atoms. The van der Waals surface area contributed by atoms with E-state index in [1.54, 1.807) is 11.8 Å². The Bertz CT molecular complexity index is 495. The summed E-state index contributed by atoms with van der Waals surface area (Å²) in [4.78, 5) is 15.3. The Morgan fingerprint density at radius 3 is 2.46 bits per heavy atom. The summed E-state index contributed by atoms with van der Waals surface area (Å²) in [6.45, 7) is 5.32. The summed E-state index contributed by atoms with van der Waals surface area (Å²) in [6, 6.07) is 5.69. The van der Waals surface area contributed by atoms with E-state index in [0.29, 0.717) is 45.1 Å². The van der Waals surface area contributed by atoms with Crippen molar-refractivity contribution in [3.05, 3.63) is 30.1 Å². The second-order valence-corrected chi connectivity index (χ2v) is 5.41. The summed E-state index contributed by atoms with van der Waals surface area (Å²) >= 11 is 0. The molecule has 2 rings (SSSR count). The summed E-state index contributed by atoms with van der Waals surface area (Å²) in [5.41, 5.74) is 0. The van der Waals surface area contributed by atoms with Crippen LogP contribution in [0.3, 0.4) is 0 Å². The summed E-state index contributed by atoms with van der Waals surface area (Å²) in [5, 5.41) is 10.0. The first-order valence-electron chi connectivity index (χ1n) is 7.79. The van der Waals surface area contributed by atoms with Crippen molar-refractivity contribution in [1.82, 2.24) is 9.80 Å². The van der Waals surface area contributed by atoms with Gasteiger partial charge in [-0.1, -0.05) is 0 Å². The molecule has 1 unspecified atom stereocenters. The number of hydrogen-bond acceptors (Lipinski definition) is 5. The second-order valence-electron chi connectivity index (χ2n) is 5.41. The topological polar surface area (TPSA) is 62.2 Å². The van der Waals surface area contributed by atoms with E-state index in [4.69, 9.17) is 9.47 Å². The van der Waals surface area contributed by atoms with Crippen LogP contribution in [0, 0.1) is 5.82 Å². The molecule has 1 N–H and O–H groups in total. The van der Waals surface area contributed by atoms with Gasteiger partial charge in [0, 0.05) is 32.7 Å². The lowest BCUT2D eigenvalue weighted by atomic mass is 10.2. The normalized spacial score (nSPS) is 16.2. The van der Waals surface area contributed by atoms with E-state index in [9.17, 15) is 14.3 Å². The third-order valence-electron chi connectivity index (χ3n) is 3.62. The number of piperazine rings is 1. The molecule has 24 heavy (non-hydrogen) atoms. The maximum Gasteiger partial charge on any atom is 0.409 e. The molecule has 1 saturated heterocycles. The van der Waals surface area contributed by atoms with Crippen LogP contribution in [0.1, 0.15) is 6.92 Å². The average molecular weight is 363 g/mol. The zero-order valence-electron chi connectivity index (χ0n) is 13.7. The number of ether oxygens (including phenoxy) is 2. The second kappa shape index (κ2) is 10.3. The van der Waals surface area contributed by atoms with Gasteiger partial charge in [-0.05, 0) is 31.2 Å². The van der Waals surface area contributed by atoms with E-state index < -0.39 is 6.10 Å². The Morgan fingerprint density at radius 2 is 1.88 bits per heavy atom. The smallest absolute Gasteiger partial charge is 0.409 e.